The lowest BCUT2D eigenvalue weighted by molar-refractivity contribution is -0.255. The Labute approximate surface area is 214 Å². The van der Waals surface area contributed by atoms with Crippen molar-refractivity contribution in [2.75, 3.05) is 26.2 Å². The molecule has 2 aromatic rings. The van der Waals surface area contributed by atoms with Gasteiger partial charge in [-0.1, -0.05) is 60.7 Å². The number of hydrazine groups is 2. The van der Waals surface area contributed by atoms with Crippen molar-refractivity contribution in [1.29, 1.82) is 0 Å². The van der Waals surface area contributed by atoms with Crippen LogP contribution in [0.25, 0.3) is 0 Å². The van der Waals surface area contributed by atoms with E-state index in [9.17, 15) is 14.4 Å². The first-order valence-corrected chi connectivity index (χ1v) is 12.7. The van der Waals surface area contributed by atoms with E-state index in [-0.39, 0.29) is 19.1 Å². The van der Waals surface area contributed by atoms with Gasteiger partial charge in [0, 0.05) is 32.1 Å². The van der Waals surface area contributed by atoms with Crippen LogP contribution < -0.4 is 10.9 Å². The van der Waals surface area contributed by atoms with Gasteiger partial charge in [-0.2, -0.15) is 0 Å². The Morgan fingerprint density at radius 1 is 0.784 bits per heavy atom. The van der Waals surface area contributed by atoms with E-state index in [1.807, 2.05) is 60.7 Å². The van der Waals surface area contributed by atoms with Crippen molar-refractivity contribution in [1.82, 2.24) is 20.9 Å². The highest BCUT2D eigenvalue weighted by Crippen LogP contribution is 2.43. The number of hydrogen-bond acceptors (Lipinski definition) is 8. The van der Waals surface area contributed by atoms with E-state index in [0.717, 1.165) is 11.1 Å². The quantitative estimate of drug-likeness (QED) is 0.312. The highest BCUT2D eigenvalue weighted by Gasteiger charge is 2.67. The predicted octanol–water partition coefficient (Wildman–Crippen LogP) is 1.13. The fourth-order valence-electron chi connectivity index (χ4n) is 5.77. The maximum atomic E-state index is 14.2. The summed E-state index contributed by atoms with van der Waals surface area (Å²) >= 11 is 0. The Morgan fingerprint density at radius 2 is 1.32 bits per heavy atom. The molecule has 194 valence electrons. The fourth-order valence-corrected chi connectivity index (χ4v) is 5.77. The topological polar surface area (TPSA) is 109 Å². The van der Waals surface area contributed by atoms with Gasteiger partial charge in [-0.05, 0) is 24.0 Å². The lowest BCUT2D eigenvalue weighted by Crippen LogP contribution is -2.58. The molecule has 37 heavy (non-hydrogen) atoms. The van der Waals surface area contributed by atoms with Gasteiger partial charge in [-0.25, -0.2) is 15.6 Å². The molecule has 4 fully saturated rings. The van der Waals surface area contributed by atoms with Crippen molar-refractivity contribution in [2.45, 2.75) is 37.4 Å². The minimum Gasteiger partial charge on any atom is -0.420 e. The van der Waals surface area contributed by atoms with Crippen LogP contribution >= 0.6 is 0 Å². The van der Waals surface area contributed by atoms with Gasteiger partial charge in [-0.3, -0.25) is 19.6 Å². The number of rotatable bonds is 8. The SMILES string of the molecule is O=C1N2CC(CCN2)C1(OCc1ccccc1)OC(=O)C1(OCc2ccccc2)C(=O)N2CC1CCN2. The number of amides is 2. The Bertz CT molecular complexity index is 1180. The summed E-state index contributed by atoms with van der Waals surface area (Å²) in [6.45, 7) is 1.89. The minimum atomic E-state index is -1.87. The average molecular weight is 507 g/mol. The summed E-state index contributed by atoms with van der Waals surface area (Å²) in [6.07, 6.45) is 1.13. The van der Waals surface area contributed by atoms with Gasteiger partial charge < -0.3 is 14.2 Å². The molecular weight excluding hydrogens is 476 g/mol. The van der Waals surface area contributed by atoms with Crippen molar-refractivity contribution in [3.63, 3.8) is 0 Å². The zero-order chi connectivity index (χ0) is 25.5. The van der Waals surface area contributed by atoms with Crippen LogP contribution in [0.4, 0.5) is 0 Å². The Hall–Kier alpha value is -3.31. The molecule has 2 aromatic carbocycles. The lowest BCUT2D eigenvalue weighted by Gasteiger charge is -2.36. The van der Waals surface area contributed by atoms with Crippen LogP contribution in [0.3, 0.4) is 0 Å². The molecule has 0 radical (unpaired) electrons. The second kappa shape index (κ2) is 9.53. The van der Waals surface area contributed by atoms with Crippen LogP contribution in [-0.2, 0) is 41.8 Å². The molecule has 4 aliphatic rings. The molecule has 4 atom stereocenters. The standard InChI is InChI=1S/C27H30N4O6/c32-23-26(21-11-13-28-30(23)15-21,35-17-19-7-3-1-4-8-19)25(34)37-27(36-18-20-9-5-2-6-10-20)22-12-14-29-31(16-22)24(27)33/h1-10,21-22,28-29H,11-18H2. The molecule has 4 unspecified atom stereocenters. The van der Waals surface area contributed by atoms with Gasteiger partial charge in [-0.15, -0.1) is 0 Å². The summed E-state index contributed by atoms with van der Waals surface area (Å²) in [7, 11) is 0. The summed E-state index contributed by atoms with van der Waals surface area (Å²) in [5.41, 5.74) is 5.89. The van der Waals surface area contributed by atoms with Gasteiger partial charge in [0.2, 0.25) is 5.60 Å². The zero-order valence-electron chi connectivity index (χ0n) is 20.4. The number of carbonyl (C=O) groups excluding carboxylic acids is 3. The number of esters is 1. The number of benzene rings is 2. The Balaban J connectivity index is 1.33. The van der Waals surface area contributed by atoms with E-state index in [2.05, 4.69) is 10.9 Å². The van der Waals surface area contributed by atoms with E-state index in [1.165, 1.54) is 10.0 Å². The molecule has 6 rings (SSSR count). The first kappa shape index (κ1) is 24.1. The maximum absolute atomic E-state index is 14.2. The largest absolute Gasteiger partial charge is 0.420 e. The Kier molecular flexibility index (Phi) is 6.20. The van der Waals surface area contributed by atoms with Crippen molar-refractivity contribution < 1.29 is 28.6 Å². The molecule has 10 heteroatoms. The summed E-state index contributed by atoms with van der Waals surface area (Å²) < 4.78 is 18.6. The molecule has 4 heterocycles. The molecule has 4 saturated heterocycles. The Morgan fingerprint density at radius 3 is 1.92 bits per heavy atom. The van der Waals surface area contributed by atoms with Crippen molar-refractivity contribution in [3.05, 3.63) is 71.8 Å². The fraction of sp³-hybridized carbons (Fsp3) is 0.444. The van der Waals surface area contributed by atoms with Crippen molar-refractivity contribution in [3.8, 4) is 0 Å². The molecule has 2 amide bonds. The highest BCUT2D eigenvalue weighted by molar-refractivity contribution is 6.09. The molecule has 2 N–H and O–H groups in total. The maximum Gasteiger partial charge on any atom is 0.351 e. The number of hydrogen-bond donors (Lipinski definition) is 2. The van der Waals surface area contributed by atoms with E-state index in [4.69, 9.17) is 14.2 Å². The molecule has 0 aliphatic carbocycles. The van der Waals surface area contributed by atoms with Crippen LogP contribution in [0.5, 0.6) is 0 Å². The van der Waals surface area contributed by atoms with E-state index < -0.39 is 35.1 Å². The number of nitrogens with zero attached hydrogens (tertiary/aromatic N) is 2. The second-order valence-electron chi connectivity index (χ2n) is 9.96. The van der Waals surface area contributed by atoms with E-state index in [1.54, 1.807) is 0 Å². The monoisotopic (exact) mass is 506 g/mol. The normalized spacial score (nSPS) is 30.6. The molecule has 0 aromatic heterocycles. The van der Waals surface area contributed by atoms with Gasteiger partial charge in [0.05, 0.1) is 19.1 Å². The number of carbonyl (C=O) groups is 3. The number of nitrogens with one attached hydrogen (secondary N) is 2. The molecule has 4 aliphatic heterocycles. The van der Waals surface area contributed by atoms with Gasteiger partial charge in [0.1, 0.15) is 0 Å². The predicted molar refractivity (Wildman–Crippen MR) is 130 cm³/mol. The zero-order valence-corrected chi connectivity index (χ0v) is 20.4. The van der Waals surface area contributed by atoms with Crippen LogP contribution in [0.2, 0.25) is 0 Å². The van der Waals surface area contributed by atoms with Crippen LogP contribution in [0.1, 0.15) is 24.0 Å². The summed E-state index contributed by atoms with van der Waals surface area (Å²) in [5, 5.41) is 2.88. The van der Waals surface area contributed by atoms with E-state index >= 15 is 0 Å². The van der Waals surface area contributed by atoms with Crippen molar-refractivity contribution in [2.24, 2.45) is 11.8 Å². The smallest absolute Gasteiger partial charge is 0.351 e. The van der Waals surface area contributed by atoms with Crippen molar-refractivity contribution >= 4 is 17.8 Å². The first-order chi connectivity index (χ1) is 18.0. The molecule has 4 bridgehead atoms. The summed E-state index contributed by atoms with van der Waals surface area (Å²) in [6, 6.07) is 18.8. The highest BCUT2D eigenvalue weighted by atomic mass is 16.7. The third kappa shape index (κ3) is 4.00. The third-order valence-electron chi connectivity index (χ3n) is 7.77. The van der Waals surface area contributed by atoms with Crippen LogP contribution in [0.15, 0.2) is 60.7 Å². The van der Waals surface area contributed by atoms with Crippen LogP contribution in [0, 0.1) is 11.8 Å². The third-order valence-corrected chi connectivity index (χ3v) is 7.77. The molecule has 10 nitrogen and oxygen atoms in total. The van der Waals surface area contributed by atoms with Gasteiger partial charge >= 0.3 is 11.9 Å². The second-order valence-corrected chi connectivity index (χ2v) is 9.96. The minimum absolute atomic E-state index is 0.0505. The summed E-state index contributed by atoms with van der Waals surface area (Å²) in [4.78, 5) is 41.4. The summed E-state index contributed by atoms with van der Waals surface area (Å²) in [5.74, 6) is -4.49. The molecular formula is C27H30N4O6. The van der Waals surface area contributed by atoms with Gasteiger partial charge in [0.15, 0.2) is 0 Å². The lowest BCUT2D eigenvalue weighted by atomic mass is 9.86. The molecule has 0 saturated carbocycles. The average Bonchev–Trinajstić information content (AvgIpc) is 3.25. The van der Waals surface area contributed by atoms with Crippen LogP contribution in [-0.4, -0.2) is 65.4 Å². The van der Waals surface area contributed by atoms with Gasteiger partial charge in [0.25, 0.3) is 11.7 Å². The first-order valence-electron chi connectivity index (χ1n) is 12.7. The van der Waals surface area contributed by atoms with E-state index in [0.29, 0.717) is 39.0 Å². The molecule has 0 spiro atoms. The number of fused-ring (bicyclic) bond motifs is 4. The number of ether oxygens (including phenoxy) is 3.